The third-order valence-corrected chi connectivity index (χ3v) is 3.60. The molecule has 0 bridgehead atoms. The molecule has 0 saturated heterocycles. The van der Waals surface area contributed by atoms with Crippen molar-refractivity contribution < 1.29 is 0 Å². The van der Waals surface area contributed by atoms with Gasteiger partial charge in [-0.2, -0.15) is 0 Å². The monoisotopic (exact) mass is 167 g/mol. The molecule has 11 heavy (non-hydrogen) atoms. The summed E-state index contributed by atoms with van der Waals surface area (Å²) in [6.45, 7) is 2.15. The zero-order valence-electron chi connectivity index (χ0n) is 6.71. The highest BCUT2D eigenvalue weighted by Gasteiger charge is 2.40. The van der Waals surface area contributed by atoms with E-state index in [1.807, 2.05) is 0 Å². The Bertz CT molecular complexity index is 234. The van der Waals surface area contributed by atoms with Crippen LogP contribution in [0.2, 0.25) is 0 Å². The number of thiophene rings is 1. The van der Waals surface area contributed by atoms with Crippen molar-refractivity contribution in [2.24, 2.45) is 11.7 Å². The fraction of sp³-hybridized carbons (Fsp3) is 0.556. The molecule has 0 radical (unpaired) electrons. The Morgan fingerprint density at radius 3 is 2.82 bits per heavy atom. The van der Waals surface area contributed by atoms with Gasteiger partial charge in [0.05, 0.1) is 5.54 Å². The van der Waals surface area contributed by atoms with Crippen LogP contribution < -0.4 is 5.73 Å². The minimum absolute atomic E-state index is 0.0475. The summed E-state index contributed by atoms with van der Waals surface area (Å²) < 4.78 is 0. The number of rotatable bonds is 2. The van der Waals surface area contributed by atoms with E-state index in [1.54, 1.807) is 11.3 Å². The highest BCUT2D eigenvalue weighted by Crippen LogP contribution is 2.44. The van der Waals surface area contributed by atoms with Crippen LogP contribution in [-0.2, 0) is 5.54 Å². The Balaban J connectivity index is 2.26. The molecule has 1 aromatic rings. The largest absolute Gasteiger partial charge is 0.321 e. The molecular formula is C9H13NS. The Kier molecular flexibility index (Phi) is 1.55. The van der Waals surface area contributed by atoms with Crippen LogP contribution in [0, 0.1) is 5.92 Å². The highest BCUT2D eigenvalue weighted by molar-refractivity contribution is 7.10. The molecule has 2 heteroatoms. The summed E-state index contributed by atoms with van der Waals surface area (Å²) in [5, 5.41) is 2.10. The zero-order chi connectivity index (χ0) is 7.90. The quantitative estimate of drug-likeness (QED) is 0.718. The van der Waals surface area contributed by atoms with E-state index in [0.717, 1.165) is 5.92 Å². The molecule has 1 heterocycles. The summed E-state index contributed by atoms with van der Waals surface area (Å²) in [5.41, 5.74) is 6.15. The molecule has 1 unspecified atom stereocenters. The number of hydrogen-bond donors (Lipinski definition) is 1. The van der Waals surface area contributed by atoms with Gasteiger partial charge in [0.15, 0.2) is 0 Å². The van der Waals surface area contributed by atoms with Crippen molar-refractivity contribution in [3.8, 4) is 0 Å². The van der Waals surface area contributed by atoms with Crippen molar-refractivity contribution in [3.05, 3.63) is 22.4 Å². The average molecular weight is 167 g/mol. The van der Waals surface area contributed by atoms with Crippen LogP contribution in [0.5, 0.6) is 0 Å². The molecule has 0 aromatic carbocycles. The van der Waals surface area contributed by atoms with Gasteiger partial charge in [0.1, 0.15) is 0 Å². The standard InChI is InChI=1S/C9H13NS/c1-9(10,7-4-5-7)8-3-2-6-11-8/h2-3,6-7H,4-5,10H2,1H3. The molecule has 0 amide bonds. The van der Waals surface area contributed by atoms with Gasteiger partial charge in [0, 0.05) is 4.88 Å². The predicted molar refractivity (Wildman–Crippen MR) is 48.6 cm³/mol. The van der Waals surface area contributed by atoms with Crippen molar-refractivity contribution in [1.82, 2.24) is 0 Å². The van der Waals surface area contributed by atoms with Crippen molar-refractivity contribution in [2.45, 2.75) is 25.3 Å². The van der Waals surface area contributed by atoms with Gasteiger partial charge in [-0.05, 0) is 37.1 Å². The molecule has 1 atom stereocenters. The Labute approximate surface area is 71.2 Å². The fourth-order valence-electron chi connectivity index (χ4n) is 1.47. The molecule has 1 nitrogen and oxygen atoms in total. The van der Waals surface area contributed by atoms with E-state index in [0.29, 0.717) is 0 Å². The van der Waals surface area contributed by atoms with Gasteiger partial charge in [0.25, 0.3) is 0 Å². The molecule has 0 aliphatic heterocycles. The van der Waals surface area contributed by atoms with E-state index in [9.17, 15) is 0 Å². The lowest BCUT2D eigenvalue weighted by molar-refractivity contribution is 0.436. The first-order chi connectivity index (χ1) is 5.21. The summed E-state index contributed by atoms with van der Waals surface area (Å²) in [6.07, 6.45) is 2.62. The lowest BCUT2D eigenvalue weighted by atomic mass is 9.95. The second-order valence-electron chi connectivity index (χ2n) is 3.53. The second kappa shape index (κ2) is 2.32. The Morgan fingerprint density at radius 2 is 2.36 bits per heavy atom. The summed E-state index contributed by atoms with van der Waals surface area (Å²) in [7, 11) is 0. The van der Waals surface area contributed by atoms with E-state index < -0.39 is 0 Å². The van der Waals surface area contributed by atoms with Gasteiger partial charge in [0.2, 0.25) is 0 Å². The van der Waals surface area contributed by atoms with Crippen LogP contribution in [0.25, 0.3) is 0 Å². The van der Waals surface area contributed by atoms with E-state index >= 15 is 0 Å². The highest BCUT2D eigenvalue weighted by atomic mass is 32.1. The molecule has 2 rings (SSSR count). The molecule has 1 aliphatic rings. The summed E-state index contributed by atoms with van der Waals surface area (Å²) in [6, 6.07) is 4.22. The predicted octanol–water partition coefficient (Wildman–Crippen LogP) is 2.33. The summed E-state index contributed by atoms with van der Waals surface area (Å²) in [4.78, 5) is 1.33. The Morgan fingerprint density at radius 1 is 1.64 bits per heavy atom. The van der Waals surface area contributed by atoms with Crippen molar-refractivity contribution in [2.75, 3.05) is 0 Å². The minimum atomic E-state index is -0.0475. The molecular weight excluding hydrogens is 154 g/mol. The van der Waals surface area contributed by atoms with Crippen LogP contribution in [0.3, 0.4) is 0 Å². The maximum atomic E-state index is 6.20. The van der Waals surface area contributed by atoms with Crippen molar-refractivity contribution >= 4 is 11.3 Å². The second-order valence-corrected chi connectivity index (χ2v) is 4.48. The van der Waals surface area contributed by atoms with Gasteiger partial charge < -0.3 is 5.73 Å². The number of nitrogens with two attached hydrogens (primary N) is 1. The molecule has 2 N–H and O–H groups in total. The van der Waals surface area contributed by atoms with Gasteiger partial charge in [-0.1, -0.05) is 6.07 Å². The minimum Gasteiger partial charge on any atom is -0.321 e. The third-order valence-electron chi connectivity index (χ3n) is 2.48. The maximum Gasteiger partial charge on any atom is 0.0503 e. The average Bonchev–Trinajstić information content (AvgIpc) is 2.66. The first-order valence-electron chi connectivity index (χ1n) is 4.04. The third kappa shape index (κ3) is 1.21. The van der Waals surface area contributed by atoms with Crippen LogP contribution >= 0.6 is 11.3 Å². The van der Waals surface area contributed by atoms with Crippen LogP contribution in [0.4, 0.5) is 0 Å². The maximum absolute atomic E-state index is 6.20. The molecule has 1 aromatic heterocycles. The smallest absolute Gasteiger partial charge is 0.0503 e. The van der Waals surface area contributed by atoms with Crippen molar-refractivity contribution in [1.29, 1.82) is 0 Å². The molecule has 1 fully saturated rings. The first-order valence-corrected chi connectivity index (χ1v) is 4.92. The van der Waals surface area contributed by atoms with Gasteiger partial charge in [-0.25, -0.2) is 0 Å². The SMILES string of the molecule is CC(N)(c1cccs1)C1CC1. The summed E-state index contributed by atoms with van der Waals surface area (Å²) >= 11 is 1.77. The van der Waals surface area contributed by atoms with Crippen LogP contribution in [-0.4, -0.2) is 0 Å². The zero-order valence-corrected chi connectivity index (χ0v) is 7.53. The Hall–Kier alpha value is -0.340. The molecule has 1 saturated carbocycles. The summed E-state index contributed by atoms with van der Waals surface area (Å²) in [5.74, 6) is 0.737. The van der Waals surface area contributed by atoms with Gasteiger partial charge in [-0.3, -0.25) is 0 Å². The number of hydrogen-bond acceptors (Lipinski definition) is 2. The van der Waals surface area contributed by atoms with E-state index in [-0.39, 0.29) is 5.54 Å². The molecule has 60 valence electrons. The van der Waals surface area contributed by atoms with E-state index in [2.05, 4.69) is 24.4 Å². The van der Waals surface area contributed by atoms with Gasteiger partial charge in [-0.15, -0.1) is 11.3 Å². The van der Waals surface area contributed by atoms with Gasteiger partial charge >= 0.3 is 0 Å². The topological polar surface area (TPSA) is 26.0 Å². The molecule has 1 aliphatic carbocycles. The van der Waals surface area contributed by atoms with Crippen LogP contribution in [0.1, 0.15) is 24.6 Å². The first kappa shape index (κ1) is 7.32. The van der Waals surface area contributed by atoms with Crippen molar-refractivity contribution in [3.63, 3.8) is 0 Å². The van der Waals surface area contributed by atoms with E-state index in [1.165, 1.54) is 17.7 Å². The molecule has 0 spiro atoms. The normalized spacial score (nSPS) is 23.1. The van der Waals surface area contributed by atoms with E-state index in [4.69, 9.17) is 5.73 Å². The lowest BCUT2D eigenvalue weighted by Gasteiger charge is -2.22. The fourth-order valence-corrected chi connectivity index (χ4v) is 2.35. The lowest BCUT2D eigenvalue weighted by Crippen LogP contribution is -2.34. The van der Waals surface area contributed by atoms with Crippen LogP contribution in [0.15, 0.2) is 17.5 Å².